The number of amides is 3. The molecule has 0 spiro atoms. The summed E-state index contributed by atoms with van der Waals surface area (Å²) >= 11 is 1.42. The number of hydrogen-bond donors (Lipinski definition) is 3. The molecular formula is C10H17N3O4S. The van der Waals surface area contributed by atoms with Crippen molar-refractivity contribution in [1.29, 1.82) is 0 Å². The van der Waals surface area contributed by atoms with Gasteiger partial charge in [0.05, 0.1) is 5.88 Å². The predicted octanol–water partition coefficient (Wildman–Crippen LogP) is -0.189. The van der Waals surface area contributed by atoms with E-state index >= 15 is 0 Å². The number of nitrogens with two attached hydrogens (primary N) is 1. The molecule has 1 atom stereocenters. The number of nitrogens with zero attached hydrogens (tertiary/aromatic N) is 1. The summed E-state index contributed by atoms with van der Waals surface area (Å²) in [4.78, 5) is 34.4. The molecule has 0 unspecified atom stereocenters. The Bertz CT molecular complexity index is 337. The van der Waals surface area contributed by atoms with Crippen LogP contribution < -0.4 is 11.1 Å². The van der Waals surface area contributed by atoms with Crippen molar-refractivity contribution in [3.8, 4) is 0 Å². The number of thioether (sulfide) groups is 1. The van der Waals surface area contributed by atoms with Gasteiger partial charge in [0.15, 0.2) is 0 Å². The van der Waals surface area contributed by atoms with E-state index in [-0.39, 0.29) is 11.9 Å². The van der Waals surface area contributed by atoms with Crippen molar-refractivity contribution in [3.05, 3.63) is 0 Å². The van der Waals surface area contributed by atoms with E-state index in [1.807, 2.05) is 0 Å². The van der Waals surface area contributed by atoms with E-state index < -0.39 is 12.0 Å². The van der Waals surface area contributed by atoms with Crippen molar-refractivity contribution in [2.75, 3.05) is 18.2 Å². The molecule has 1 saturated heterocycles. The van der Waals surface area contributed by atoms with Crippen LogP contribution >= 0.6 is 11.8 Å². The summed E-state index contributed by atoms with van der Waals surface area (Å²) < 4.78 is 0. The van der Waals surface area contributed by atoms with Gasteiger partial charge in [0.2, 0.25) is 5.91 Å². The number of aliphatic carboxylic acids is 1. The summed E-state index contributed by atoms with van der Waals surface area (Å²) in [5, 5.41) is 11.6. The minimum absolute atomic E-state index is 0.299. The second-order valence-electron chi connectivity index (χ2n) is 3.98. The average molecular weight is 275 g/mol. The van der Waals surface area contributed by atoms with Crippen LogP contribution in [-0.2, 0) is 9.59 Å². The molecule has 0 aromatic heterocycles. The first-order chi connectivity index (χ1) is 8.52. The number of hydrogen-bond acceptors (Lipinski definition) is 4. The first kappa shape index (κ1) is 14.6. The molecule has 1 rings (SSSR count). The van der Waals surface area contributed by atoms with Gasteiger partial charge in [0.1, 0.15) is 6.04 Å². The number of carboxylic acid groups (broad SMARTS) is 1. The molecule has 1 fully saturated rings. The summed E-state index contributed by atoms with van der Waals surface area (Å²) in [6.07, 6.45) is 1.56. The number of unbranched alkanes of at least 4 members (excludes halogenated alkanes) is 1. The summed E-state index contributed by atoms with van der Waals surface area (Å²) in [6, 6.07) is -1.12. The molecule has 7 nitrogen and oxygen atoms in total. The number of rotatable bonds is 6. The van der Waals surface area contributed by atoms with Crippen molar-refractivity contribution in [1.82, 2.24) is 10.2 Å². The number of carbonyl (C=O) groups excluding carboxylic acids is 2. The van der Waals surface area contributed by atoms with E-state index in [9.17, 15) is 14.4 Å². The molecule has 3 amide bonds. The summed E-state index contributed by atoms with van der Waals surface area (Å²) in [5.41, 5.74) is 4.98. The third-order valence-electron chi connectivity index (χ3n) is 2.55. The Labute approximate surface area is 109 Å². The van der Waals surface area contributed by atoms with Crippen LogP contribution in [0.1, 0.15) is 19.3 Å². The SMILES string of the molecule is NC(=O)CCCCNC(=O)N1CSC[C@H]1C(=O)O. The van der Waals surface area contributed by atoms with Crippen LogP contribution in [0.5, 0.6) is 0 Å². The molecule has 0 aliphatic carbocycles. The van der Waals surface area contributed by atoms with E-state index in [2.05, 4.69) is 5.32 Å². The number of nitrogens with one attached hydrogen (secondary N) is 1. The maximum absolute atomic E-state index is 11.7. The number of urea groups is 1. The maximum Gasteiger partial charge on any atom is 0.327 e. The second-order valence-corrected chi connectivity index (χ2v) is 4.98. The highest BCUT2D eigenvalue weighted by Crippen LogP contribution is 2.20. The van der Waals surface area contributed by atoms with Gasteiger partial charge < -0.3 is 21.1 Å². The Hall–Kier alpha value is -1.44. The third kappa shape index (κ3) is 4.44. The van der Waals surface area contributed by atoms with E-state index in [0.29, 0.717) is 37.4 Å². The summed E-state index contributed by atoms with van der Waals surface area (Å²) in [6.45, 7) is 0.416. The Morgan fingerprint density at radius 3 is 2.72 bits per heavy atom. The van der Waals surface area contributed by atoms with E-state index in [0.717, 1.165) is 0 Å². The quantitative estimate of drug-likeness (QED) is 0.582. The van der Waals surface area contributed by atoms with Gasteiger partial charge in [-0.05, 0) is 12.8 Å². The molecule has 0 aromatic carbocycles. The maximum atomic E-state index is 11.7. The van der Waals surface area contributed by atoms with Crippen LogP contribution in [0.15, 0.2) is 0 Å². The molecule has 18 heavy (non-hydrogen) atoms. The highest BCUT2D eigenvalue weighted by Gasteiger charge is 2.34. The van der Waals surface area contributed by atoms with Crippen LogP contribution in [0.4, 0.5) is 4.79 Å². The van der Waals surface area contributed by atoms with E-state index in [4.69, 9.17) is 10.8 Å². The topological polar surface area (TPSA) is 113 Å². The van der Waals surface area contributed by atoms with Crippen molar-refractivity contribution < 1.29 is 19.5 Å². The Morgan fingerprint density at radius 1 is 1.39 bits per heavy atom. The molecule has 8 heteroatoms. The molecular weight excluding hydrogens is 258 g/mol. The van der Waals surface area contributed by atoms with E-state index in [1.54, 1.807) is 0 Å². The monoisotopic (exact) mass is 275 g/mol. The van der Waals surface area contributed by atoms with Gasteiger partial charge in [-0.15, -0.1) is 11.8 Å². The fourth-order valence-corrected chi connectivity index (χ4v) is 2.71. The van der Waals surface area contributed by atoms with Gasteiger partial charge in [-0.1, -0.05) is 0 Å². The average Bonchev–Trinajstić information content (AvgIpc) is 2.76. The molecule has 1 aliphatic rings. The Kier molecular flexibility index (Phi) is 5.76. The molecule has 0 bridgehead atoms. The first-order valence-electron chi connectivity index (χ1n) is 5.65. The molecule has 1 heterocycles. The van der Waals surface area contributed by atoms with Gasteiger partial charge >= 0.3 is 12.0 Å². The van der Waals surface area contributed by atoms with Gasteiger partial charge in [-0.3, -0.25) is 4.79 Å². The van der Waals surface area contributed by atoms with Crippen LogP contribution in [0.25, 0.3) is 0 Å². The lowest BCUT2D eigenvalue weighted by atomic mass is 10.2. The predicted molar refractivity (Wildman–Crippen MR) is 67.0 cm³/mol. The van der Waals surface area contributed by atoms with Crippen molar-refractivity contribution >= 4 is 29.7 Å². The molecule has 102 valence electrons. The van der Waals surface area contributed by atoms with Gasteiger partial charge in [0.25, 0.3) is 0 Å². The fraction of sp³-hybridized carbons (Fsp3) is 0.700. The van der Waals surface area contributed by atoms with Crippen LogP contribution in [0.2, 0.25) is 0 Å². The first-order valence-corrected chi connectivity index (χ1v) is 6.81. The van der Waals surface area contributed by atoms with Gasteiger partial charge in [0, 0.05) is 18.7 Å². The fourth-order valence-electron chi connectivity index (χ4n) is 1.57. The second kappa shape index (κ2) is 7.10. The minimum Gasteiger partial charge on any atom is -0.480 e. The lowest BCUT2D eigenvalue weighted by Gasteiger charge is -2.20. The zero-order valence-corrected chi connectivity index (χ0v) is 10.7. The number of carboxylic acids is 1. The lowest BCUT2D eigenvalue weighted by Crippen LogP contribution is -2.47. The Morgan fingerprint density at radius 2 is 2.11 bits per heavy atom. The standard InChI is InChI=1S/C10H17N3O4S/c11-8(14)3-1-2-4-12-10(17)13-6-18-5-7(13)9(15)16/h7H,1-6H2,(H2,11,14)(H,12,17)(H,15,16)/t7-/m0/s1. The summed E-state index contributed by atoms with van der Waals surface area (Å²) in [7, 11) is 0. The van der Waals surface area contributed by atoms with Crippen LogP contribution in [0, 0.1) is 0 Å². The largest absolute Gasteiger partial charge is 0.480 e. The van der Waals surface area contributed by atoms with Crippen LogP contribution in [-0.4, -0.2) is 52.1 Å². The number of primary amides is 1. The lowest BCUT2D eigenvalue weighted by molar-refractivity contribution is -0.140. The molecule has 0 aromatic rings. The molecule has 0 saturated carbocycles. The molecule has 4 N–H and O–H groups in total. The number of carbonyl (C=O) groups is 3. The minimum atomic E-state index is -0.983. The van der Waals surface area contributed by atoms with Gasteiger partial charge in [-0.25, -0.2) is 9.59 Å². The highest BCUT2D eigenvalue weighted by atomic mass is 32.2. The van der Waals surface area contributed by atoms with Crippen molar-refractivity contribution in [2.45, 2.75) is 25.3 Å². The molecule has 1 aliphatic heterocycles. The third-order valence-corrected chi connectivity index (χ3v) is 3.57. The normalized spacial score (nSPS) is 18.7. The van der Waals surface area contributed by atoms with Crippen molar-refractivity contribution in [2.24, 2.45) is 5.73 Å². The summed E-state index contributed by atoms with van der Waals surface area (Å²) in [5.74, 6) is -0.527. The molecule has 0 radical (unpaired) electrons. The van der Waals surface area contributed by atoms with E-state index in [1.165, 1.54) is 16.7 Å². The van der Waals surface area contributed by atoms with Gasteiger partial charge in [-0.2, -0.15) is 0 Å². The smallest absolute Gasteiger partial charge is 0.327 e. The van der Waals surface area contributed by atoms with Crippen molar-refractivity contribution in [3.63, 3.8) is 0 Å². The van der Waals surface area contributed by atoms with Crippen LogP contribution in [0.3, 0.4) is 0 Å². The Balaban J connectivity index is 2.24. The zero-order chi connectivity index (χ0) is 13.5. The zero-order valence-electron chi connectivity index (χ0n) is 9.92. The highest BCUT2D eigenvalue weighted by molar-refractivity contribution is 7.99.